The van der Waals surface area contributed by atoms with Gasteiger partial charge in [0.1, 0.15) is 5.75 Å². The maximum absolute atomic E-state index is 9.86. The highest BCUT2D eigenvalue weighted by Crippen LogP contribution is 2.21. The van der Waals surface area contributed by atoms with Gasteiger partial charge in [-0.25, -0.2) is 0 Å². The van der Waals surface area contributed by atoms with Gasteiger partial charge in [0.2, 0.25) is 0 Å². The maximum Gasteiger partial charge on any atom is 0.118 e. The van der Waals surface area contributed by atoms with Gasteiger partial charge in [-0.1, -0.05) is 115 Å². The quantitative estimate of drug-likeness (QED) is 0.294. The molecule has 1 rings (SSSR count). The molecule has 0 aliphatic heterocycles. The Morgan fingerprint density at radius 2 is 1.15 bits per heavy atom. The number of phenolic OH excluding ortho intramolecular Hbond substituents is 1. The van der Waals surface area contributed by atoms with Crippen LogP contribution in [-0.4, -0.2) is 5.11 Å². The van der Waals surface area contributed by atoms with Crippen molar-refractivity contribution in [1.29, 1.82) is 0 Å². The SMILES string of the molecule is Cc1ccc(O)c(CCCCCCCCCCCCCCCC(C)C)c1. The number of aryl methyl sites for hydroxylation is 2. The average Bonchev–Trinajstić information content (AvgIpc) is 2.61. The lowest BCUT2D eigenvalue weighted by atomic mass is 10.0. The Kier molecular flexibility index (Phi) is 13.4. The summed E-state index contributed by atoms with van der Waals surface area (Å²) in [5.41, 5.74) is 2.36. The van der Waals surface area contributed by atoms with Crippen LogP contribution in [0.5, 0.6) is 5.75 Å². The number of phenols is 1. The maximum atomic E-state index is 9.86. The van der Waals surface area contributed by atoms with Crippen LogP contribution in [0.4, 0.5) is 0 Å². The molecule has 0 aliphatic rings. The van der Waals surface area contributed by atoms with Crippen molar-refractivity contribution in [2.24, 2.45) is 5.92 Å². The van der Waals surface area contributed by atoms with Gasteiger partial charge in [0.15, 0.2) is 0 Å². The van der Waals surface area contributed by atoms with Gasteiger partial charge in [0.05, 0.1) is 0 Å². The van der Waals surface area contributed by atoms with Crippen LogP contribution >= 0.6 is 0 Å². The van der Waals surface area contributed by atoms with Crippen molar-refractivity contribution in [3.63, 3.8) is 0 Å². The van der Waals surface area contributed by atoms with Crippen LogP contribution in [0, 0.1) is 12.8 Å². The van der Waals surface area contributed by atoms with E-state index in [0.717, 1.165) is 17.9 Å². The number of benzene rings is 1. The summed E-state index contributed by atoms with van der Waals surface area (Å²) in [7, 11) is 0. The van der Waals surface area contributed by atoms with Crippen molar-refractivity contribution in [2.75, 3.05) is 0 Å². The third kappa shape index (κ3) is 12.4. The zero-order valence-corrected chi connectivity index (χ0v) is 17.9. The van der Waals surface area contributed by atoms with E-state index in [1.54, 1.807) is 0 Å². The smallest absolute Gasteiger partial charge is 0.118 e. The molecule has 26 heavy (non-hydrogen) atoms. The highest BCUT2D eigenvalue weighted by Gasteiger charge is 2.01. The summed E-state index contributed by atoms with van der Waals surface area (Å²) in [5.74, 6) is 1.35. The van der Waals surface area contributed by atoms with Crippen LogP contribution in [0.25, 0.3) is 0 Å². The first-order valence-electron chi connectivity index (χ1n) is 11.4. The fourth-order valence-corrected chi connectivity index (χ4v) is 3.73. The number of unbranched alkanes of at least 4 members (excludes halogenated alkanes) is 12. The Labute approximate surface area is 163 Å². The second-order valence-electron chi connectivity index (χ2n) is 8.66. The molecule has 0 fully saturated rings. The van der Waals surface area contributed by atoms with E-state index < -0.39 is 0 Å². The van der Waals surface area contributed by atoms with E-state index in [2.05, 4.69) is 26.8 Å². The van der Waals surface area contributed by atoms with Gasteiger partial charge in [0, 0.05) is 0 Å². The van der Waals surface area contributed by atoms with Crippen LogP contribution in [0.1, 0.15) is 115 Å². The first kappa shape index (κ1) is 23.1. The van der Waals surface area contributed by atoms with Gasteiger partial charge in [-0.2, -0.15) is 0 Å². The minimum absolute atomic E-state index is 0.468. The standard InChI is InChI=1S/C25H44O/c1-22(2)17-15-13-11-9-7-5-4-6-8-10-12-14-16-18-24-21-23(3)19-20-25(24)26/h19-22,26H,4-18H2,1-3H3. The van der Waals surface area contributed by atoms with E-state index in [1.807, 2.05) is 12.1 Å². The Morgan fingerprint density at radius 1 is 0.692 bits per heavy atom. The molecule has 0 bridgehead atoms. The predicted molar refractivity (Wildman–Crippen MR) is 116 cm³/mol. The molecule has 1 aromatic carbocycles. The van der Waals surface area contributed by atoms with Crippen molar-refractivity contribution >= 4 is 0 Å². The summed E-state index contributed by atoms with van der Waals surface area (Å²) < 4.78 is 0. The first-order valence-corrected chi connectivity index (χ1v) is 11.4. The first-order chi connectivity index (χ1) is 12.6. The van der Waals surface area contributed by atoms with Gasteiger partial charge in [0.25, 0.3) is 0 Å². The van der Waals surface area contributed by atoms with Crippen molar-refractivity contribution in [2.45, 2.75) is 117 Å². The monoisotopic (exact) mass is 360 g/mol. The molecule has 0 aliphatic carbocycles. The molecular weight excluding hydrogens is 316 g/mol. The molecule has 1 heteroatoms. The average molecular weight is 361 g/mol. The topological polar surface area (TPSA) is 20.2 Å². The summed E-state index contributed by atoms with van der Waals surface area (Å²) >= 11 is 0. The minimum atomic E-state index is 0.468. The van der Waals surface area contributed by atoms with Crippen molar-refractivity contribution in [1.82, 2.24) is 0 Å². The van der Waals surface area contributed by atoms with E-state index in [4.69, 9.17) is 0 Å². The molecule has 0 saturated heterocycles. The lowest BCUT2D eigenvalue weighted by Crippen LogP contribution is -1.89. The van der Waals surface area contributed by atoms with Crippen molar-refractivity contribution < 1.29 is 5.11 Å². The Bertz CT molecular complexity index is 449. The molecule has 0 radical (unpaired) electrons. The van der Waals surface area contributed by atoms with Gasteiger partial charge < -0.3 is 5.11 Å². The third-order valence-electron chi connectivity index (χ3n) is 5.46. The normalized spacial score (nSPS) is 11.4. The molecule has 0 unspecified atom stereocenters. The highest BCUT2D eigenvalue weighted by molar-refractivity contribution is 5.35. The van der Waals surface area contributed by atoms with Gasteiger partial charge >= 0.3 is 0 Å². The van der Waals surface area contributed by atoms with Crippen molar-refractivity contribution in [3.05, 3.63) is 29.3 Å². The summed E-state index contributed by atoms with van der Waals surface area (Å²) in [4.78, 5) is 0. The number of rotatable bonds is 16. The molecule has 0 aromatic heterocycles. The van der Waals surface area contributed by atoms with Gasteiger partial charge in [-0.05, 0) is 37.3 Å². The molecule has 0 saturated carbocycles. The van der Waals surface area contributed by atoms with E-state index in [0.29, 0.717) is 5.75 Å². The van der Waals surface area contributed by atoms with Gasteiger partial charge in [-0.3, -0.25) is 0 Å². The summed E-state index contributed by atoms with van der Waals surface area (Å²) in [5, 5.41) is 9.86. The van der Waals surface area contributed by atoms with E-state index in [1.165, 1.54) is 95.5 Å². The zero-order chi connectivity index (χ0) is 19.0. The van der Waals surface area contributed by atoms with E-state index >= 15 is 0 Å². The molecule has 0 atom stereocenters. The number of aromatic hydroxyl groups is 1. The second kappa shape index (κ2) is 15.1. The fraction of sp³-hybridized carbons (Fsp3) is 0.760. The van der Waals surface area contributed by atoms with Crippen LogP contribution in [0.2, 0.25) is 0 Å². The molecule has 0 amide bonds. The lowest BCUT2D eigenvalue weighted by molar-refractivity contribution is 0.465. The molecular formula is C25H44O. The van der Waals surface area contributed by atoms with Crippen LogP contribution < -0.4 is 0 Å². The zero-order valence-electron chi connectivity index (χ0n) is 17.9. The largest absolute Gasteiger partial charge is 0.508 e. The van der Waals surface area contributed by atoms with Crippen molar-refractivity contribution in [3.8, 4) is 5.75 Å². The molecule has 0 spiro atoms. The van der Waals surface area contributed by atoms with E-state index in [9.17, 15) is 5.11 Å². The Hall–Kier alpha value is -0.980. The second-order valence-corrected chi connectivity index (χ2v) is 8.66. The van der Waals surface area contributed by atoms with Crippen LogP contribution in [0.15, 0.2) is 18.2 Å². The minimum Gasteiger partial charge on any atom is -0.508 e. The Balaban J connectivity index is 1.82. The highest BCUT2D eigenvalue weighted by atomic mass is 16.3. The summed E-state index contributed by atoms with van der Waals surface area (Å²) in [6.07, 6.45) is 20.6. The lowest BCUT2D eigenvalue weighted by Gasteiger charge is -2.06. The van der Waals surface area contributed by atoms with Crippen LogP contribution in [0.3, 0.4) is 0 Å². The summed E-state index contributed by atoms with van der Waals surface area (Å²) in [6, 6.07) is 5.93. The number of hydrogen-bond acceptors (Lipinski definition) is 1. The predicted octanol–water partition coefficient (Wildman–Crippen LogP) is 8.36. The molecule has 1 nitrogen and oxygen atoms in total. The number of hydrogen-bond donors (Lipinski definition) is 1. The molecule has 1 N–H and O–H groups in total. The Morgan fingerprint density at radius 3 is 1.65 bits per heavy atom. The molecule has 1 aromatic rings. The third-order valence-corrected chi connectivity index (χ3v) is 5.46. The molecule has 0 heterocycles. The molecule has 150 valence electrons. The van der Waals surface area contributed by atoms with E-state index in [-0.39, 0.29) is 0 Å². The fourth-order valence-electron chi connectivity index (χ4n) is 3.73. The van der Waals surface area contributed by atoms with Crippen LogP contribution in [-0.2, 0) is 6.42 Å². The summed E-state index contributed by atoms with van der Waals surface area (Å²) in [6.45, 7) is 6.75. The van der Waals surface area contributed by atoms with Gasteiger partial charge in [-0.15, -0.1) is 0 Å².